The molecule has 0 fully saturated rings. The van der Waals surface area contributed by atoms with Crippen LogP contribution in [0.5, 0.6) is 0 Å². The van der Waals surface area contributed by atoms with Gasteiger partial charge >= 0.3 is 0 Å². The molecule has 1 amide bonds. The lowest BCUT2D eigenvalue weighted by atomic mass is 10.1. The Labute approximate surface area is 109 Å². The minimum absolute atomic E-state index is 0.0681. The van der Waals surface area contributed by atoms with Crippen molar-refractivity contribution >= 4 is 5.91 Å². The van der Waals surface area contributed by atoms with E-state index in [-0.39, 0.29) is 11.9 Å². The number of nitrogens with zero attached hydrogens (tertiary/aromatic N) is 1. The number of rotatable bonds is 4. The average Bonchev–Trinajstić information content (AvgIpc) is 2.79. The Hall–Kier alpha value is -1.35. The maximum absolute atomic E-state index is 12.2. The number of nitrogens with two attached hydrogens (primary N) is 1. The zero-order valence-electron chi connectivity index (χ0n) is 11.2. The smallest absolute Gasteiger partial charge is 0.239 e. The summed E-state index contributed by atoms with van der Waals surface area (Å²) in [4.78, 5) is 14.2. The van der Waals surface area contributed by atoms with Crippen LogP contribution in [0.15, 0.2) is 24.3 Å². The van der Waals surface area contributed by atoms with Crippen molar-refractivity contribution in [2.24, 2.45) is 5.73 Å². The van der Waals surface area contributed by atoms with Crippen molar-refractivity contribution in [3.05, 3.63) is 35.4 Å². The molecule has 0 bridgehead atoms. The van der Waals surface area contributed by atoms with E-state index in [4.69, 9.17) is 5.73 Å². The lowest BCUT2D eigenvalue weighted by molar-refractivity contribution is -0.134. The van der Waals surface area contributed by atoms with Crippen molar-refractivity contribution < 1.29 is 4.79 Å². The Kier molecular flexibility index (Phi) is 4.02. The van der Waals surface area contributed by atoms with Crippen LogP contribution in [-0.2, 0) is 11.2 Å². The van der Waals surface area contributed by atoms with Gasteiger partial charge in [-0.2, -0.15) is 0 Å². The predicted octanol–water partition coefficient (Wildman–Crippen LogP) is 2.26. The summed E-state index contributed by atoms with van der Waals surface area (Å²) in [6.07, 6.45) is 3.06. The minimum Gasteiger partial charge on any atom is -0.334 e. The fourth-order valence-electron chi connectivity index (χ4n) is 2.78. The number of amides is 1. The molecule has 98 valence electrons. The first-order valence-electron chi connectivity index (χ1n) is 6.79. The molecule has 18 heavy (non-hydrogen) atoms. The van der Waals surface area contributed by atoms with E-state index in [0.29, 0.717) is 0 Å². The Morgan fingerprint density at radius 2 is 2.22 bits per heavy atom. The Balaban J connectivity index is 2.26. The van der Waals surface area contributed by atoms with Gasteiger partial charge < -0.3 is 10.6 Å². The van der Waals surface area contributed by atoms with Crippen LogP contribution >= 0.6 is 0 Å². The number of carbonyl (C=O) groups is 1. The van der Waals surface area contributed by atoms with Crippen LogP contribution in [-0.4, -0.2) is 23.4 Å². The molecule has 0 heterocycles. The molecule has 2 rings (SSSR count). The molecule has 0 radical (unpaired) electrons. The topological polar surface area (TPSA) is 46.3 Å². The van der Waals surface area contributed by atoms with Gasteiger partial charge in [0.1, 0.15) is 0 Å². The maximum atomic E-state index is 12.2. The monoisotopic (exact) mass is 246 g/mol. The molecule has 1 aliphatic rings. The molecule has 1 unspecified atom stereocenters. The molecule has 3 heteroatoms. The molecule has 0 spiro atoms. The molecule has 3 nitrogen and oxygen atoms in total. The molecule has 1 aromatic rings. The van der Waals surface area contributed by atoms with Crippen LogP contribution in [0.25, 0.3) is 0 Å². The number of fused-ring (bicyclic) bond motifs is 1. The van der Waals surface area contributed by atoms with Crippen LogP contribution in [0.4, 0.5) is 0 Å². The lowest BCUT2D eigenvalue weighted by Gasteiger charge is -2.31. The predicted molar refractivity (Wildman–Crippen MR) is 73.2 cm³/mol. The summed E-state index contributed by atoms with van der Waals surface area (Å²) >= 11 is 0. The van der Waals surface area contributed by atoms with E-state index in [1.807, 2.05) is 4.90 Å². The molecular formula is C15H22N2O. The van der Waals surface area contributed by atoms with Gasteiger partial charge in [-0.25, -0.2) is 0 Å². The van der Waals surface area contributed by atoms with Gasteiger partial charge in [-0.15, -0.1) is 0 Å². The number of benzene rings is 1. The maximum Gasteiger partial charge on any atom is 0.239 e. The Morgan fingerprint density at radius 1 is 1.50 bits per heavy atom. The molecule has 1 aliphatic carbocycles. The van der Waals surface area contributed by atoms with Crippen molar-refractivity contribution in [2.75, 3.05) is 6.54 Å². The number of hydrogen-bond donors (Lipinski definition) is 1. The molecule has 2 N–H and O–H groups in total. The first-order valence-corrected chi connectivity index (χ1v) is 6.79. The van der Waals surface area contributed by atoms with Gasteiger partial charge in [0.25, 0.3) is 0 Å². The van der Waals surface area contributed by atoms with Gasteiger partial charge in [-0.3, -0.25) is 4.79 Å². The normalized spacial score (nSPS) is 19.4. The molecule has 0 saturated carbocycles. The van der Waals surface area contributed by atoms with Gasteiger partial charge in [-0.05, 0) is 37.3 Å². The summed E-state index contributed by atoms with van der Waals surface area (Å²) in [7, 11) is 0. The second-order valence-corrected chi connectivity index (χ2v) is 5.07. The highest BCUT2D eigenvalue weighted by Crippen LogP contribution is 2.35. The summed E-state index contributed by atoms with van der Waals surface area (Å²) in [5.74, 6) is 0.0681. The van der Waals surface area contributed by atoms with E-state index in [1.165, 1.54) is 11.1 Å². The first-order chi connectivity index (χ1) is 8.65. The van der Waals surface area contributed by atoms with Crippen molar-refractivity contribution in [1.82, 2.24) is 4.90 Å². The minimum atomic E-state index is -0.413. The van der Waals surface area contributed by atoms with Gasteiger partial charge in [0.2, 0.25) is 5.91 Å². The Morgan fingerprint density at radius 3 is 2.89 bits per heavy atom. The van der Waals surface area contributed by atoms with E-state index in [1.54, 1.807) is 6.92 Å². The zero-order valence-corrected chi connectivity index (χ0v) is 11.2. The van der Waals surface area contributed by atoms with Crippen molar-refractivity contribution in [2.45, 2.75) is 45.2 Å². The molecule has 0 aromatic heterocycles. The third kappa shape index (κ3) is 2.41. The van der Waals surface area contributed by atoms with Crippen molar-refractivity contribution in [3.8, 4) is 0 Å². The molecule has 2 atom stereocenters. The highest BCUT2D eigenvalue weighted by Gasteiger charge is 2.31. The van der Waals surface area contributed by atoms with E-state index in [9.17, 15) is 4.79 Å². The van der Waals surface area contributed by atoms with Crippen LogP contribution in [0.3, 0.4) is 0 Å². The standard InChI is InChI=1S/C15H22N2O/c1-3-10-17(15(18)11(2)16)14-9-8-12-6-4-5-7-13(12)14/h4-7,11,14H,3,8-10,16H2,1-2H3/t11-,14?/m1/s1. The number of aryl methyl sites for hydroxylation is 1. The van der Waals surface area contributed by atoms with Crippen LogP contribution in [0.1, 0.15) is 43.9 Å². The van der Waals surface area contributed by atoms with E-state index < -0.39 is 6.04 Å². The highest BCUT2D eigenvalue weighted by atomic mass is 16.2. The second-order valence-electron chi connectivity index (χ2n) is 5.07. The van der Waals surface area contributed by atoms with Crippen LogP contribution in [0, 0.1) is 0 Å². The third-order valence-electron chi connectivity index (χ3n) is 3.61. The van der Waals surface area contributed by atoms with E-state index >= 15 is 0 Å². The first kappa shape index (κ1) is 13.1. The second kappa shape index (κ2) is 5.53. The largest absolute Gasteiger partial charge is 0.334 e. The molecule has 1 aromatic carbocycles. The summed E-state index contributed by atoms with van der Waals surface area (Å²) < 4.78 is 0. The van der Waals surface area contributed by atoms with Crippen molar-refractivity contribution in [3.63, 3.8) is 0 Å². The number of carbonyl (C=O) groups excluding carboxylic acids is 1. The van der Waals surface area contributed by atoms with Crippen LogP contribution in [0.2, 0.25) is 0 Å². The fourth-order valence-corrected chi connectivity index (χ4v) is 2.78. The summed E-state index contributed by atoms with van der Waals surface area (Å²) in [6.45, 7) is 4.66. The van der Waals surface area contributed by atoms with E-state index in [0.717, 1.165) is 25.8 Å². The van der Waals surface area contributed by atoms with Gasteiger partial charge in [0.15, 0.2) is 0 Å². The summed E-state index contributed by atoms with van der Waals surface area (Å²) in [5, 5.41) is 0. The highest BCUT2D eigenvalue weighted by molar-refractivity contribution is 5.81. The SMILES string of the molecule is CCCN(C(=O)[C@@H](C)N)C1CCc2ccccc21. The summed E-state index contributed by atoms with van der Waals surface area (Å²) in [6, 6.07) is 8.24. The number of hydrogen-bond acceptors (Lipinski definition) is 2. The van der Waals surface area contributed by atoms with Gasteiger partial charge in [0, 0.05) is 6.54 Å². The third-order valence-corrected chi connectivity index (χ3v) is 3.61. The van der Waals surface area contributed by atoms with Crippen LogP contribution < -0.4 is 5.73 Å². The molecular weight excluding hydrogens is 224 g/mol. The van der Waals surface area contributed by atoms with E-state index in [2.05, 4.69) is 31.2 Å². The quantitative estimate of drug-likeness (QED) is 0.885. The van der Waals surface area contributed by atoms with Gasteiger partial charge in [0.05, 0.1) is 12.1 Å². The lowest BCUT2D eigenvalue weighted by Crippen LogP contribution is -2.43. The van der Waals surface area contributed by atoms with Gasteiger partial charge in [-0.1, -0.05) is 31.2 Å². The average molecular weight is 246 g/mol. The molecule has 0 aliphatic heterocycles. The zero-order chi connectivity index (χ0) is 13.1. The fraction of sp³-hybridized carbons (Fsp3) is 0.533. The summed E-state index contributed by atoms with van der Waals surface area (Å²) in [5.41, 5.74) is 8.44. The molecule has 0 saturated heterocycles. The Bertz CT molecular complexity index is 428. The van der Waals surface area contributed by atoms with Crippen molar-refractivity contribution in [1.29, 1.82) is 0 Å².